The Labute approximate surface area is 229 Å². The van der Waals surface area contributed by atoms with E-state index in [1.807, 2.05) is 6.33 Å². The fourth-order valence-electron chi connectivity index (χ4n) is 6.70. The van der Waals surface area contributed by atoms with Crippen LogP contribution in [0.5, 0.6) is 0 Å². The number of benzene rings is 6. The van der Waals surface area contributed by atoms with Gasteiger partial charge in [-0.15, -0.1) is 0 Å². The maximum Gasteiger partial charge on any atom is 0.0955 e. The Kier molecular flexibility index (Phi) is 4.23. The smallest absolute Gasteiger partial charge is 0.0955 e. The summed E-state index contributed by atoms with van der Waals surface area (Å²) < 4.78 is 6.94. The van der Waals surface area contributed by atoms with Crippen molar-refractivity contribution < 1.29 is 0 Å². The number of nitrogens with zero attached hydrogens (tertiary/aromatic N) is 4. The lowest BCUT2D eigenvalue weighted by Crippen LogP contribution is -1.96. The van der Waals surface area contributed by atoms with Crippen molar-refractivity contribution in [2.24, 2.45) is 7.05 Å². The van der Waals surface area contributed by atoms with Crippen LogP contribution in [0.15, 0.2) is 128 Å². The maximum atomic E-state index is 4.55. The fourth-order valence-corrected chi connectivity index (χ4v) is 6.70. The highest BCUT2D eigenvalue weighted by Gasteiger charge is 2.20. The van der Waals surface area contributed by atoms with Crippen LogP contribution in [-0.2, 0) is 7.05 Å². The molecule has 0 atom stereocenters. The van der Waals surface area contributed by atoms with E-state index in [9.17, 15) is 0 Å². The monoisotopic (exact) mass is 512 g/mol. The van der Waals surface area contributed by atoms with E-state index in [1.54, 1.807) is 0 Å². The number of rotatable bonds is 2. The summed E-state index contributed by atoms with van der Waals surface area (Å²) in [6.45, 7) is 0. The van der Waals surface area contributed by atoms with E-state index < -0.39 is 0 Å². The van der Waals surface area contributed by atoms with E-state index in [0.717, 1.165) is 16.7 Å². The Morgan fingerprint density at radius 2 is 1.23 bits per heavy atom. The predicted octanol–water partition coefficient (Wildman–Crippen LogP) is 8.92. The second kappa shape index (κ2) is 7.84. The van der Waals surface area contributed by atoms with Crippen LogP contribution in [0.2, 0.25) is 0 Å². The van der Waals surface area contributed by atoms with Gasteiger partial charge in [-0.3, -0.25) is 0 Å². The minimum Gasteiger partial charge on any atom is -0.334 e. The number of para-hydroxylation sites is 3. The maximum absolute atomic E-state index is 4.55. The van der Waals surface area contributed by atoms with Crippen molar-refractivity contribution in [1.29, 1.82) is 0 Å². The SMILES string of the molecule is Cn1cnc2ccc(-n3c4ccccc4c4c5c(ccc6c7ccccc7n(-c7ccccc7)c65)ccc43)cc21. The molecular weight excluding hydrogens is 488 g/mol. The molecule has 0 amide bonds. The third-order valence-corrected chi connectivity index (χ3v) is 8.43. The molecule has 4 heteroatoms. The molecule has 9 aromatic rings. The summed E-state index contributed by atoms with van der Waals surface area (Å²) in [5, 5.41) is 7.60. The molecule has 9 rings (SSSR count). The molecule has 4 nitrogen and oxygen atoms in total. The number of fused-ring (bicyclic) bond motifs is 10. The van der Waals surface area contributed by atoms with E-state index in [0.29, 0.717) is 0 Å². The normalized spacial score (nSPS) is 12.1. The van der Waals surface area contributed by atoms with E-state index >= 15 is 0 Å². The first-order valence-electron chi connectivity index (χ1n) is 13.6. The van der Waals surface area contributed by atoms with Gasteiger partial charge >= 0.3 is 0 Å². The zero-order valence-corrected chi connectivity index (χ0v) is 21.9. The van der Waals surface area contributed by atoms with Gasteiger partial charge in [-0.2, -0.15) is 0 Å². The van der Waals surface area contributed by atoms with Gasteiger partial charge in [0.1, 0.15) is 0 Å². The molecule has 0 saturated carbocycles. The Morgan fingerprint density at radius 3 is 2.08 bits per heavy atom. The highest BCUT2D eigenvalue weighted by atomic mass is 15.0. The molecule has 0 aliphatic carbocycles. The van der Waals surface area contributed by atoms with Gasteiger partial charge < -0.3 is 13.7 Å². The molecule has 0 radical (unpaired) electrons. The van der Waals surface area contributed by atoms with Crippen LogP contribution in [0, 0.1) is 0 Å². The quantitative estimate of drug-likeness (QED) is 0.227. The molecule has 0 saturated heterocycles. The Bertz CT molecular complexity index is 2440. The first kappa shape index (κ1) is 21.6. The van der Waals surface area contributed by atoms with Crippen LogP contribution in [0.3, 0.4) is 0 Å². The van der Waals surface area contributed by atoms with Gasteiger partial charge in [-0.05, 0) is 53.9 Å². The van der Waals surface area contributed by atoms with Gasteiger partial charge in [-0.25, -0.2) is 4.98 Å². The van der Waals surface area contributed by atoms with Crippen molar-refractivity contribution in [2.45, 2.75) is 0 Å². The first-order valence-corrected chi connectivity index (χ1v) is 13.6. The topological polar surface area (TPSA) is 27.7 Å². The summed E-state index contributed by atoms with van der Waals surface area (Å²) in [5.41, 5.74) is 9.31. The van der Waals surface area contributed by atoms with Gasteiger partial charge in [0.25, 0.3) is 0 Å². The van der Waals surface area contributed by atoms with Crippen LogP contribution >= 0.6 is 0 Å². The van der Waals surface area contributed by atoms with E-state index in [1.165, 1.54) is 60.1 Å². The van der Waals surface area contributed by atoms with Crippen LogP contribution in [0.25, 0.3) is 76.8 Å². The van der Waals surface area contributed by atoms with Crippen molar-refractivity contribution in [3.05, 3.63) is 128 Å². The summed E-state index contributed by atoms with van der Waals surface area (Å²) >= 11 is 0. The number of hydrogen-bond donors (Lipinski definition) is 0. The molecule has 0 N–H and O–H groups in total. The lowest BCUT2D eigenvalue weighted by atomic mass is 10.0. The van der Waals surface area contributed by atoms with Gasteiger partial charge in [0.05, 0.1) is 39.4 Å². The molecule has 0 unspecified atom stereocenters. The molecule has 3 aromatic heterocycles. The second-order valence-corrected chi connectivity index (χ2v) is 10.6. The molecule has 188 valence electrons. The Hall–Kier alpha value is -5.35. The molecule has 3 heterocycles. The molecule has 6 aromatic carbocycles. The van der Waals surface area contributed by atoms with Crippen molar-refractivity contribution in [2.75, 3.05) is 0 Å². The number of hydrogen-bond acceptors (Lipinski definition) is 1. The zero-order valence-electron chi connectivity index (χ0n) is 21.9. The average molecular weight is 513 g/mol. The van der Waals surface area contributed by atoms with Gasteiger partial charge in [0.15, 0.2) is 0 Å². The molecule has 0 aliphatic rings. The van der Waals surface area contributed by atoms with Gasteiger partial charge in [0.2, 0.25) is 0 Å². The minimum atomic E-state index is 1.01. The predicted molar refractivity (Wildman–Crippen MR) is 167 cm³/mol. The standard InChI is InChI=1S/C36H24N4/c1-38-22-37-29-19-17-25(21-33(29)38)39-31-14-8-6-12-28(31)35-32(39)20-16-23-15-18-27-26-11-5-7-13-30(26)40(36(27)34(23)35)24-9-3-2-4-10-24/h2-22H,1H3. The largest absolute Gasteiger partial charge is 0.334 e. The van der Waals surface area contributed by atoms with E-state index in [-0.39, 0.29) is 0 Å². The molecule has 0 aliphatic heterocycles. The summed E-state index contributed by atoms with van der Waals surface area (Å²) in [4.78, 5) is 4.55. The highest BCUT2D eigenvalue weighted by molar-refractivity contribution is 6.30. The van der Waals surface area contributed by atoms with Crippen molar-refractivity contribution in [3.8, 4) is 11.4 Å². The first-order chi connectivity index (χ1) is 19.8. The average Bonchev–Trinajstić information content (AvgIpc) is 3.66. The molecule has 0 bridgehead atoms. The van der Waals surface area contributed by atoms with E-state index in [2.05, 4.69) is 147 Å². The van der Waals surface area contributed by atoms with Crippen molar-refractivity contribution >= 4 is 65.4 Å². The third-order valence-electron chi connectivity index (χ3n) is 8.43. The van der Waals surface area contributed by atoms with Crippen molar-refractivity contribution in [3.63, 3.8) is 0 Å². The number of aryl methyl sites for hydroxylation is 1. The van der Waals surface area contributed by atoms with Crippen LogP contribution in [-0.4, -0.2) is 18.7 Å². The minimum absolute atomic E-state index is 1.01. The molecule has 0 spiro atoms. The summed E-state index contributed by atoms with van der Waals surface area (Å²) in [6.07, 6.45) is 1.88. The molecular formula is C36H24N4. The number of aromatic nitrogens is 4. The summed E-state index contributed by atoms with van der Waals surface area (Å²) in [7, 11) is 2.05. The van der Waals surface area contributed by atoms with Gasteiger partial charge in [-0.1, -0.05) is 72.8 Å². The summed E-state index contributed by atoms with van der Waals surface area (Å²) in [5.74, 6) is 0. The van der Waals surface area contributed by atoms with Gasteiger partial charge in [0, 0.05) is 45.4 Å². The third kappa shape index (κ3) is 2.77. The number of imidazole rings is 1. The lowest BCUT2D eigenvalue weighted by Gasteiger charge is -2.12. The lowest BCUT2D eigenvalue weighted by molar-refractivity contribution is 0.947. The van der Waals surface area contributed by atoms with E-state index in [4.69, 9.17) is 0 Å². The zero-order chi connectivity index (χ0) is 26.4. The highest BCUT2D eigenvalue weighted by Crippen LogP contribution is 2.43. The summed E-state index contributed by atoms with van der Waals surface area (Å²) in [6, 6.07) is 44.0. The molecule has 40 heavy (non-hydrogen) atoms. The molecule has 0 fully saturated rings. The fraction of sp³-hybridized carbons (Fsp3) is 0.0278. The van der Waals surface area contributed by atoms with Crippen LogP contribution in [0.1, 0.15) is 0 Å². The van der Waals surface area contributed by atoms with Crippen LogP contribution in [0.4, 0.5) is 0 Å². The Morgan fingerprint density at radius 1 is 0.500 bits per heavy atom. The van der Waals surface area contributed by atoms with Crippen molar-refractivity contribution in [1.82, 2.24) is 18.7 Å². The Balaban J connectivity index is 1.52. The second-order valence-electron chi connectivity index (χ2n) is 10.6. The van der Waals surface area contributed by atoms with Crippen LogP contribution < -0.4 is 0 Å².